The van der Waals surface area contributed by atoms with E-state index in [-0.39, 0.29) is 11.9 Å². The number of rotatable bonds is 2. The van der Waals surface area contributed by atoms with Gasteiger partial charge in [0, 0.05) is 0 Å². The summed E-state index contributed by atoms with van der Waals surface area (Å²) in [4.78, 5) is 15.8. The number of guanidine groups is 1. The molecule has 1 aromatic rings. The Balaban J connectivity index is 2.02. The molecule has 1 saturated carbocycles. The van der Waals surface area contributed by atoms with Gasteiger partial charge in [0.15, 0.2) is 12.0 Å². The van der Waals surface area contributed by atoms with Gasteiger partial charge in [0.25, 0.3) is 5.91 Å². The summed E-state index contributed by atoms with van der Waals surface area (Å²) in [5, 5.41) is 2.54. The summed E-state index contributed by atoms with van der Waals surface area (Å²) in [5.41, 5.74) is 7.77. The van der Waals surface area contributed by atoms with E-state index < -0.39 is 6.04 Å². The zero-order chi connectivity index (χ0) is 11.1. The molecular formula is C12H13N3O. The van der Waals surface area contributed by atoms with Crippen LogP contribution >= 0.6 is 0 Å². The molecule has 3 rings (SSSR count). The topological polar surface area (TPSA) is 67.5 Å². The Kier molecular flexibility index (Phi) is 1.96. The predicted molar refractivity (Wildman–Crippen MR) is 60.9 cm³/mol. The molecule has 0 saturated heterocycles. The zero-order valence-corrected chi connectivity index (χ0v) is 8.81. The van der Waals surface area contributed by atoms with Crippen molar-refractivity contribution in [1.29, 1.82) is 0 Å². The van der Waals surface area contributed by atoms with Gasteiger partial charge in [0.1, 0.15) is 0 Å². The fraction of sp³-hybridized carbons (Fsp3) is 0.333. The lowest BCUT2D eigenvalue weighted by Gasteiger charge is -2.10. The van der Waals surface area contributed by atoms with Gasteiger partial charge in [-0.2, -0.15) is 0 Å². The molecule has 1 aliphatic carbocycles. The fourth-order valence-corrected chi connectivity index (χ4v) is 2.16. The summed E-state index contributed by atoms with van der Waals surface area (Å²) in [7, 11) is 0. The molecule has 3 N–H and O–H groups in total. The molecule has 0 bridgehead atoms. The molecule has 1 atom stereocenters. The second-order valence-electron chi connectivity index (χ2n) is 4.31. The molecule has 4 nitrogen and oxygen atoms in total. The Bertz CT molecular complexity index is 477. The summed E-state index contributed by atoms with van der Waals surface area (Å²) in [6.45, 7) is 0. The van der Waals surface area contributed by atoms with E-state index in [4.69, 9.17) is 5.73 Å². The van der Waals surface area contributed by atoms with E-state index >= 15 is 0 Å². The normalized spacial score (nSPS) is 24.1. The molecular weight excluding hydrogens is 202 g/mol. The van der Waals surface area contributed by atoms with Crippen molar-refractivity contribution in [2.24, 2.45) is 10.7 Å². The van der Waals surface area contributed by atoms with E-state index in [2.05, 4.69) is 16.4 Å². The van der Waals surface area contributed by atoms with Gasteiger partial charge in [0.2, 0.25) is 0 Å². The van der Waals surface area contributed by atoms with Crippen LogP contribution in [-0.2, 0) is 4.79 Å². The minimum atomic E-state index is -0.447. The van der Waals surface area contributed by atoms with E-state index in [1.807, 2.05) is 18.2 Å². The minimum Gasteiger partial charge on any atom is -0.370 e. The van der Waals surface area contributed by atoms with E-state index in [0.717, 1.165) is 5.56 Å². The lowest BCUT2D eigenvalue weighted by Crippen LogP contribution is -2.31. The molecule has 1 aromatic carbocycles. The van der Waals surface area contributed by atoms with E-state index in [1.165, 1.54) is 18.4 Å². The van der Waals surface area contributed by atoms with Gasteiger partial charge in [-0.25, -0.2) is 4.99 Å². The molecule has 16 heavy (non-hydrogen) atoms. The average molecular weight is 215 g/mol. The smallest absolute Gasteiger partial charge is 0.256 e. The van der Waals surface area contributed by atoms with Gasteiger partial charge in [-0.05, 0) is 29.9 Å². The van der Waals surface area contributed by atoms with Crippen LogP contribution in [0.5, 0.6) is 0 Å². The number of amides is 1. The number of nitrogens with zero attached hydrogens (tertiary/aromatic N) is 1. The van der Waals surface area contributed by atoms with Crippen LogP contribution in [-0.4, -0.2) is 11.9 Å². The quantitative estimate of drug-likeness (QED) is 0.774. The highest BCUT2D eigenvalue weighted by Gasteiger charge is 2.33. The minimum absolute atomic E-state index is 0.120. The first-order chi connectivity index (χ1) is 7.75. The first-order valence-corrected chi connectivity index (χ1v) is 5.48. The average Bonchev–Trinajstić information content (AvgIpc) is 3.05. The van der Waals surface area contributed by atoms with Crippen molar-refractivity contribution in [3.05, 3.63) is 35.4 Å². The van der Waals surface area contributed by atoms with E-state index in [0.29, 0.717) is 5.92 Å². The molecule has 82 valence electrons. The molecule has 1 aliphatic heterocycles. The highest BCUT2D eigenvalue weighted by molar-refractivity contribution is 6.04. The number of hydrogen-bond acceptors (Lipinski definition) is 3. The maximum Gasteiger partial charge on any atom is 0.256 e. The zero-order valence-electron chi connectivity index (χ0n) is 8.81. The van der Waals surface area contributed by atoms with Crippen molar-refractivity contribution in [3.63, 3.8) is 0 Å². The van der Waals surface area contributed by atoms with Crippen LogP contribution < -0.4 is 11.1 Å². The molecule has 4 heteroatoms. The molecule has 2 aliphatic rings. The predicted octanol–water partition coefficient (Wildman–Crippen LogP) is 1.05. The molecule has 0 radical (unpaired) electrons. The molecule has 1 unspecified atom stereocenters. The Morgan fingerprint density at radius 1 is 1.25 bits per heavy atom. The van der Waals surface area contributed by atoms with Crippen LogP contribution in [0.1, 0.15) is 35.9 Å². The fourth-order valence-electron chi connectivity index (χ4n) is 2.16. The van der Waals surface area contributed by atoms with E-state index in [9.17, 15) is 4.79 Å². The largest absolute Gasteiger partial charge is 0.370 e. The van der Waals surface area contributed by atoms with Crippen molar-refractivity contribution in [2.75, 3.05) is 0 Å². The van der Waals surface area contributed by atoms with Crippen molar-refractivity contribution in [2.45, 2.75) is 24.8 Å². The highest BCUT2D eigenvalue weighted by Crippen LogP contribution is 2.43. The van der Waals surface area contributed by atoms with Crippen LogP contribution in [0.2, 0.25) is 0 Å². The number of hydrogen-bond donors (Lipinski definition) is 2. The van der Waals surface area contributed by atoms with Crippen LogP contribution in [0.4, 0.5) is 0 Å². The maximum atomic E-state index is 11.7. The van der Waals surface area contributed by atoms with Gasteiger partial charge in [0.05, 0.1) is 0 Å². The van der Waals surface area contributed by atoms with Crippen LogP contribution in [0.3, 0.4) is 0 Å². The Morgan fingerprint density at radius 3 is 2.50 bits per heavy atom. The highest BCUT2D eigenvalue weighted by atomic mass is 16.2. The van der Waals surface area contributed by atoms with Gasteiger partial charge in [-0.3, -0.25) is 10.1 Å². The SMILES string of the molecule is NC1=NC(c2ccccc2C2CC2)C(=O)N1. The van der Waals surface area contributed by atoms with Gasteiger partial charge in [-0.15, -0.1) is 0 Å². The number of carbonyl (C=O) groups is 1. The van der Waals surface area contributed by atoms with Crippen molar-refractivity contribution in [3.8, 4) is 0 Å². The van der Waals surface area contributed by atoms with Gasteiger partial charge in [-0.1, -0.05) is 24.3 Å². The third-order valence-electron chi connectivity index (χ3n) is 3.08. The van der Waals surface area contributed by atoms with Crippen molar-refractivity contribution < 1.29 is 4.79 Å². The monoisotopic (exact) mass is 215 g/mol. The number of benzene rings is 1. The number of nitrogens with one attached hydrogen (secondary N) is 1. The van der Waals surface area contributed by atoms with Crippen LogP contribution in [0.25, 0.3) is 0 Å². The number of aliphatic imine (C=N–C) groups is 1. The maximum absolute atomic E-state index is 11.7. The van der Waals surface area contributed by atoms with Crippen LogP contribution in [0.15, 0.2) is 29.3 Å². The third-order valence-corrected chi connectivity index (χ3v) is 3.08. The summed E-state index contributed by atoms with van der Waals surface area (Å²) in [5.74, 6) is 0.715. The lowest BCUT2D eigenvalue weighted by molar-refractivity contribution is -0.120. The summed E-state index contributed by atoms with van der Waals surface area (Å²) in [6, 6.07) is 7.57. The molecule has 0 spiro atoms. The van der Waals surface area contributed by atoms with E-state index in [1.54, 1.807) is 0 Å². The molecule has 0 aromatic heterocycles. The Hall–Kier alpha value is -1.84. The number of carbonyl (C=O) groups excluding carboxylic acids is 1. The third kappa shape index (κ3) is 1.46. The van der Waals surface area contributed by atoms with Crippen molar-refractivity contribution in [1.82, 2.24) is 5.32 Å². The lowest BCUT2D eigenvalue weighted by atomic mass is 9.97. The number of nitrogens with two attached hydrogens (primary N) is 1. The van der Waals surface area contributed by atoms with Gasteiger partial charge < -0.3 is 5.73 Å². The summed E-state index contributed by atoms with van der Waals surface area (Å²) < 4.78 is 0. The van der Waals surface area contributed by atoms with Crippen LogP contribution in [0, 0.1) is 0 Å². The summed E-state index contributed by atoms with van der Waals surface area (Å²) in [6.07, 6.45) is 2.43. The second kappa shape index (κ2) is 3.33. The Morgan fingerprint density at radius 2 is 1.94 bits per heavy atom. The van der Waals surface area contributed by atoms with Gasteiger partial charge >= 0.3 is 0 Å². The summed E-state index contributed by atoms with van der Waals surface area (Å²) >= 11 is 0. The molecule has 1 heterocycles. The first kappa shape index (κ1) is 9.39. The second-order valence-corrected chi connectivity index (χ2v) is 4.31. The first-order valence-electron chi connectivity index (χ1n) is 5.48. The molecule has 1 amide bonds. The van der Waals surface area contributed by atoms with Crippen molar-refractivity contribution >= 4 is 11.9 Å². The standard InChI is InChI=1S/C12H13N3O/c13-12-14-10(11(16)15-12)9-4-2-1-3-8(9)7-5-6-7/h1-4,7,10H,5-6H2,(H3,13,14,15,16). The molecule has 1 fully saturated rings. The Labute approximate surface area is 93.6 Å².